The molecule has 1 aromatic rings. The molecule has 0 atom stereocenters. The quantitative estimate of drug-likeness (QED) is 0.804. The van der Waals surface area contributed by atoms with Gasteiger partial charge in [-0.25, -0.2) is 4.98 Å². The maximum absolute atomic E-state index is 6.19. The Morgan fingerprint density at radius 2 is 2.31 bits per heavy atom. The highest BCUT2D eigenvalue weighted by Gasteiger charge is 2.14. The summed E-state index contributed by atoms with van der Waals surface area (Å²) in [5.74, 6) is 0.786. The molecule has 0 aliphatic rings. The first-order chi connectivity index (χ1) is 7.60. The van der Waals surface area contributed by atoms with Crippen LogP contribution in [0.25, 0.3) is 0 Å². The van der Waals surface area contributed by atoms with Gasteiger partial charge in [0.25, 0.3) is 0 Å². The monoisotopic (exact) mass is 239 g/mol. The zero-order valence-corrected chi connectivity index (χ0v) is 10.5. The van der Waals surface area contributed by atoms with Gasteiger partial charge in [-0.3, -0.25) is 0 Å². The van der Waals surface area contributed by atoms with Crippen LogP contribution in [-0.2, 0) is 6.54 Å². The van der Waals surface area contributed by atoms with Crippen LogP contribution in [0.5, 0.6) is 0 Å². The van der Waals surface area contributed by atoms with Crippen LogP contribution in [0, 0.1) is 0 Å². The van der Waals surface area contributed by atoms with E-state index in [9.17, 15) is 0 Å². The van der Waals surface area contributed by atoms with Gasteiger partial charge in [-0.15, -0.1) is 6.58 Å². The Balaban J connectivity index is 3.04. The summed E-state index contributed by atoms with van der Waals surface area (Å²) < 4.78 is 0. The molecule has 0 aliphatic heterocycles. The highest BCUT2D eigenvalue weighted by atomic mass is 35.5. The molecule has 0 saturated heterocycles. The molecule has 0 amide bonds. The van der Waals surface area contributed by atoms with Gasteiger partial charge in [0.05, 0.1) is 5.02 Å². The van der Waals surface area contributed by atoms with E-state index in [0.717, 1.165) is 17.9 Å². The lowest BCUT2D eigenvalue weighted by Crippen LogP contribution is -2.31. The molecule has 0 unspecified atom stereocenters. The van der Waals surface area contributed by atoms with E-state index in [1.165, 1.54) is 0 Å². The maximum atomic E-state index is 6.19. The second kappa shape index (κ2) is 5.87. The fraction of sp³-hybridized carbons (Fsp3) is 0.417. The molecule has 16 heavy (non-hydrogen) atoms. The molecule has 0 fully saturated rings. The van der Waals surface area contributed by atoms with Crippen molar-refractivity contribution in [2.45, 2.75) is 26.4 Å². The second-order valence-electron chi connectivity index (χ2n) is 3.89. The summed E-state index contributed by atoms with van der Waals surface area (Å²) in [6, 6.07) is 2.19. The van der Waals surface area contributed by atoms with Crippen LogP contribution in [0.15, 0.2) is 24.9 Å². The molecule has 3 nitrogen and oxygen atoms in total. The smallest absolute Gasteiger partial charge is 0.147 e. The first-order valence-corrected chi connectivity index (χ1v) is 5.70. The third-order valence-electron chi connectivity index (χ3n) is 2.34. The zero-order valence-electron chi connectivity index (χ0n) is 9.78. The summed E-state index contributed by atoms with van der Waals surface area (Å²) in [6.07, 6.45) is 3.61. The van der Waals surface area contributed by atoms with Crippen molar-refractivity contribution in [3.63, 3.8) is 0 Å². The third-order valence-corrected chi connectivity index (χ3v) is 2.61. The molecule has 4 heteroatoms. The molecule has 0 radical (unpaired) electrons. The Morgan fingerprint density at radius 1 is 1.62 bits per heavy atom. The van der Waals surface area contributed by atoms with Gasteiger partial charge < -0.3 is 10.6 Å². The lowest BCUT2D eigenvalue weighted by Gasteiger charge is -2.27. The van der Waals surface area contributed by atoms with Crippen LogP contribution in [-0.4, -0.2) is 17.6 Å². The number of aromatic nitrogens is 1. The van der Waals surface area contributed by atoms with E-state index in [2.05, 4.69) is 30.3 Å². The number of rotatable bonds is 5. The Labute approximate surface area is 102 Å². The molecule has 0 saturated carbocycles. The first-order valence-electron chi connectivity index (χ1n) is 5.32. The molecule has 1 heterocycles. The van der Waals surface area contributed by atoms with E-state index in [1.807, 2.05) is 12.1 Å². The normalized spacial score (nSPS) is 10.6. The first kappa shape index (κ1) is 13.0. The molecule has 1 aromatic heterocycles. The van der Waals surface area contributed by atoms with Gasteiger partial charge in [-0.05, 0) is 25.5 Å². The Morgan fingerprint density at radius 3 is 2.75 bits per heavy atom. The maximum Gasteiger partial charge on any atom is 0.147 e. The van der Waals surface area contributed by atoms with Gasteiger partial charge in [0, 0.05) is 25.3 Å². The highest BCUT2D eigenvalue weighted by Crippen LogP contribution is 2.25. The van der Waals surface area contributed by atoms with Crippen LogP contribution < -0.4 is 10.6 Å². The summed E-state index contributed by atoms with van der Waals surface area (Å²) in [4.78, 5) is 6.45. The van der Waals surface area contributed by atoms with Gasteiger partial charge >= 0.3 is 0 Å². The number of nitrogens with two attached hydrogens (primary N) is 1. The van der Waals surface area contributed by atoms with Crippen molar-refractivity contribution in [1.82, 2.24) is 4.98 Å². The number of pyridine rings is 1. The lowest BCUT2D eigenvalue weighted by atomic mass is 10.2. The molecular formula is C12H18ClN3. The number of halogens is 1. The fourth-order valence-corrected chi connectivity index (χ4v) is 1.77. The number of nitrogens with zero attached hydrogens (tertiary/aromatic N) is 2. The van der Waals surface area contributed by atoms with Crippen molar-refractivity contribution >= 4 is 17.4 Å². The van der Waals surface area contributed by atoms with Crippen LogP contribution in [0.1, 0.15) is 19.4 Å². The molecule has 0 spiro atoms. The van der Waals surface area contributed by atoms with Gasteiger partial charge in [-0.1, -0.05) is 17.7 Å². The molecule has 88 valence electrons. The Hall–Kier alpha value is -1.06. The SMILES string of the molecule is C=CCN(c1ncc(CN)cc1Cl)C(C)C. The number of hydrogen-bond acceptors (Lipinski definition) is 3. The fourth-order valence-electron chi connectivity index (χ4n) is 1.47. The van der Waals surface area contributed by atoms with Crippen molar-refractivity contribution in [2.75, 3.05) is 11.4 Å². The van der Waals surface area contributed by atoms with E-state index < -0.39 is 0 Å². The number of anilines is 1. The van der Waals surface area contributed by atoms with Crippen molar-refractivity contribution in [3.05, 3.63) is 35.5 Å². The minimum absolute atomic E-state index is 0.326. The minimum Gasteiger partial charge on any atom is -0.349 e. The van der Waals surface area contributed by atoms with Crippen molar-refractivity contribution in [2.24, 2.45) is 5.73 Å². The van der Waals surface area contributed by atoms with E-state index in [0.29, 0.717) is 17.6 Å². The topological polar surface area (TPSA) is 42.2 Å². The van der Waals surface area contributed by atoms with Crippen molar-refractivity contribution in [1.29, 1.82) is 0 Å². The van der Waals surface area contributed by atoms with E-state index in [1.54, 1.807) is 6.20 Å². The van der Waals surface area contributed by atoms with E-state index in [-0.39, 0.29) is 0 Å². The van der Waals surface area contributed by atoms with Gasteiger partial charge in [-0.2, -0.15) is 0 Å². The van der Waals surface area contributed by atoms with Gasteiger partial charge in [0.15, 0.2) is 0 Å². The summed E-state index contributed by atoms with van der Waals surface area (Å²) in [5.41, 5.74) is 6.48. The summed E-state index contributed by atoms with van der Waals surface area (Å²) in [6.45, 7) is 9.11. The van der Waals surface area contributed by atoms with Crippen molar-refractivity contribution < 1.29 is 0 Å². The standard InChI is InChI=1S/C12H18ClN3/c1-4-5-16(9(2)3)12-11(13)6-10(7-14)8-15-12/h4,6,8-9H,1,5,7,14H2,2-3H3. The Kier molecular flexibility index (Phi) is 4.77. The lowest BCUT2D eigenvalue weighted by molar-refractivity contribution is 0.712. The number of hydrogen-bond donors (Lipinski definition) is 1. The molecule has 0 bridgehead atoms. The average Bonchev–Trinajstić information content (AvgIpc) is 2.26. The van der Waals surface area contributed by atoms with Crippen LogP contribution in [0.2, 0.25) is 5.02 Å². The van der Waals surface area contributed by atoms with Crippen LogP contribution in [0.3, 0.4) is 0 Å². The average molecular weight is 240 g/mol. The van der Waals surface area contributed by atoms with Crippen molar-refractivity contribution in [3.8, 4) is 0 Å². The van der Waals surface area contributed by atoms with E-state index >= 15 is 0 Å². The van der Waals surface area contributed by atoms with Gasteiger partial charge in [0.2, 0.25) is 0 Å². The zero-order chi connectivity index (χ0) is 12.1. The van der Waals surface area contributed by atoms with Gasteiger partial charge in [0.1, 0.15) is 5.82 Å². The van der Waals surface area contributed by atoms with E-state index in [4.69, 9.17) is 17.3 Å². The predicted molar refractivity (Wildman–Crippen MR) is 69.8 cm³/mol. The highest BCUT2D eigenvalue weighted by molar-refractivity contribution is 6.33. The molecule has 2 N–H and O–H groups in total. The summed E-state index contributed by atoms with van der Waals surface area (Å²) in [5, 5.41) is 0.638. The molecule has 1 rings (SSSR count). The minimum atomic E-state index is 0.326. The van der Waals surface area contributed by atoms with Crippen LogP contribution >= 0.6 is 11.6 Å². The largest absolute Gasteiger partial charge is 0.349 e. The third kappa shape index (κ3) is 2.97. The summed E-state index contributed by atoms with van der Waals surface area (Å²) >= 11 is 6.19. The van der Waals surface area contributed by atoms with Crippen LogP contribution in [0.4, 0.5) is 5.82 Å². The predicted octanol–water partition coefficient (Wildman–Crippen LogP) is 2.59. The molecule has 0 aromatic carbocycles. The molecule has 0 aliphatic carbocycles. The second-order valence-corrected chi connectivity index (χ2v) is 4.30. The molecular weight excluding hydrogens is 222 g/mol. The summed E-state index contributed by atoms with van der Waals surface area (Å²) in [7, 11) is 0. The Bertz CT molecular complexity index is 363.